The van der Waals surface area contributed by atoms with Gasteiger partial charge in [0.2, 0.25) is 11.8 Å². The Balaban J connectivity index is 1.73. The first kappa shape index (κ1) is 18.2. The average Bonchev–Trinajstić information content (AvgIpc) is 3.02. The molecule has 2 aliphatic heterocycles. The summed E-state index contributed by atoms with van der Waals surface area (Å²) in [6.07, 6.45) is 4.09. The maximum absolute atomic E-state index is 13.9. The van der Waals surface area contributed by atoms with E-state index >= 15 is 0 Å². The van der Waals surface area contributed by atoms with Gasteiger partial charge in [-0.3, -0.25) is 9.59 Å². The lowest BCUT2D eigenvalue weighted by molar-refractivity contribution is -0.146. The van der Waals surface area contributed by atoms with Crippen molar-refractivity contribution >= 4 is 23.6 Å². The summed E-state index contributed by atoms with van der Waals surface area (Å²) in [6.45, 7) is 1.64. The Morgan fingerprint density at radius 2 is 2.08 bits per heavy atom. The van der Waals surface area contributed by atoms with Gasteiger partial charge in [-0.2, -0.15) is 11.8 Å². The summed E-state index contributed by atoms with van der Waals surface area (Å²) in [5.74, 6) is -1.35. The van der Waals surface area contributed by atoms with E-state index in [1.165, 1.54) is 23.9 Å². The predicted octanol–water partition coefficient (Wildman–Crippen LogP) is 2.67. The molecule has 7 heteroatoms. The van der Waals surface area contributed by atoms with Crippen molar-refractivity contribution in [3.05, 3.63) is 35.4 Å². The highest BCUT2D eigenvalue weighted by molar-refractivity contribution is 7.99. The fraction of sp³-hybridized carbons (Fsp3) is 0.556. The minimum absolute atomic E-state index is 0.0399. The van der Waals surface area contributed by atoms with Crippen LogP contribution in [0.1, 0.15) is 24.8 Å². The van der Waals surface area contributed by atoms with Gasteiger partial charge in [-0.1, -0.05) is 12.1 Å². The number of carbonyl (C=O) groups is 2. The van der Waals surface area contributed by atoms with Crippen LogP contribution in [-0.4, -0.2) is 53.3 Å². The van der Waals surface area contributed by atoms with Crippen LogP contribution in [0.5, 0.6) is 0 Å². The van der Waals surface area contributed by atoms with Gasteiger partial charge in [-0.25, -0.2) is 8.78 Å². The van der Waals surface area contributed by atoms with Crippen molar-refractivity contribution < 1.29 is 18.4 Å². The number of hydrogen-bond acceptors (Lipinski definition) is 3. The molecule has 0 saturated carbocycles. The predicted molar refractivity (Wildman–Crippen MR) is 93.0 cm³/mol. The van der Waals surface area contributed by atoms with Crippen molar-refractivity contribution in [1.82, 2.24) is 9.80 Å². The fourth-order valence-corrected chi connectivity index (χ4v) is 4.29. The molecule has 0 aromatic heterocycles. The molecule has 1 aromatic carbocycles. The first-order valence-corrected chi connectivity index (χ1v) is 9.85. The number of amides is 2. The minimum atomic E-state index is -0.897. The zero-order valence-corrected chi connectivity index (χ0v) is 15.1. The quantitative estimate of drug-likeness (QED) is 0.820. The van der Waals surface area contributed by atoms with Crippen LogP contribution in [0.25, 0.3) is 0 Å². The second-order valence-corrected chi connectivity index (χ2v) is 7.69. The van der Waals surface area contributed by atoms with E-state index in [-0.39, 0.29) is 23.9 Å². The van der Waals surface area contributed by atoms with Crippen molar-refractivity contribution in [2.75, 3.05) is 31.6 Å². The highest BCUT2D eigenvalue weighted by Gasteiger charge is 2.49. The van der Waals surface area contributed by atoms with E-state index in [4.69, 9.17) is 0 Å². The molecule has 1 spiro atoms. The number of rotatable bonds is 4. The molecule has 0 aliphatic carbocycles. The van der Waals surface area contributed by atoms with Gasteiger partial charge in [0, 0.05) is 31.7 Å². The lowest BCUT2D eigenvalue weighted by Gasteiger charge is -2.39. The van der Waals surface area contributed by atoms with Crippen LogP contribution in [0, 0.1) is 17.0 Å². The average molecular weight is 368 g/mol. The van der Waals surface area contributed by atoms with E-state index in [1.54, 1.807) is 9.80 Å². The summed E-state index contributed by atoms with van der Waals surface area (Å²) < 4.78 is 27.3. The van der Waals surface area contributed by atoms with Gasteiger partial charge in [-0.15, -0.1) is 0 Å². The van der Waals surface area contributed by atoms with Crippen molar-refractivity contribution in [3.63, 3.8) is 0 Å². The molecule has 1 atom stereocenters. The molecule has 0 N–H and O–H groups in total. The van der Waals surface area contributed by atoms with Gasteiger partial charge in [0.25, 0.3) is 0 Å². The standard InChI is InChI=1S/C18H22F2N2O2S/c1-25-11-15(23)22-9-7-18(12-22)6-3-8-21(17(18)24)10-13-4-2-5-14(19)16(13)20/h2,4-5H,3,6-12H2,1H3. The maximum atomic E-state index is 13.9. The highest BCUT2D eigenvalue weighted by Crippen LogP contribution is 2.40. The Morgan fingerprint density at radius 3 is 2.84 bits per heavy atom. The van der Waals surface area contributed by atoms with Gasteiger partial charge >= 0.3 is 0 Å². The number of halogens is 2. The van der Waals surface area contributed by atoms with E-state index in [0.717, 1.165) is 18.9 Å². The fourth-order valence-electron chi connectivity index (χ4n) is 3.86. The highest BCUT2D eigenvalue weighted by atomic mass is 32.2. The molecule has 4 nitrogen and oxygen atoms in total. The van der Waals surface area contributed by atoms with E-state index in [1.807, 2.05) is 6.26 Å². The Kier molecular flexibility index (Phi) is 5.32. The number of nitrogens with zero attached hydrogens (tertiary/aromatic N) is 2. The zero-order chi connectivity index (χ0) is 18.0. The smallest absolute Gasteiger partial charge is 0.232 e. The second kappa shape index (κ2) is 7.32. The van der Waals surface area contributed by atoms with Crippen molar-refractivity contribution in [2.45, 2.75) is 25.8 Å². The molecule has 1 unspecified atom stereocenters. The van der Waals surface area contributed by atoms with Crippen molar-refractivity contribution in [1.29, 1.82) is 0 Å². The molecule has 2 aliphatic rings. The Morgan fingerprint density at radius 1 is 1.28 bits per heavy atom. The second-order valence-electron chi connectivity index (χ2n) is 6.82. The molecule has 2 amide bonds. The van der Waals surface area contributed by atoms with Crippen LogP contribution >= 0.6 is 11.8 Å². The van der Waals surface area contributed by atoms with E-state index in [9.17, 15) is 18.4 Å². The third-order valence-electron chi connectivity index (χ3n) is 5.19. The summed E-state index contributed by atoms with van der Waals surface area (Å²) in [5.41, 5.74) is -0.366. The summed E-state index contributed by atoms with van der Waals surface area (Å²) in [5, 5.41) is 0. The molecule has 136 valence electrons. The molecular weight excluding hydrogens is 346 g/mol. The van der Waals surface area contributed by atoms with E-state index in [0.29, 0.717) is 31.8 Å². The van der Waals surface area contributed by atoms with Crippen LogP contribution in [0.4, 0.5) is 8.78 Å². The summed E-state index contributed by atoms with van der Waals surface area (Å²) in [6, 6.07) is 4.04. The van der Waals surface area contributed by atoms with Gasteiger partial charge in [0.1, 0.15) is 0 Å². The monoisotopic (exact) mass is 368 g/mol. The van der Waals surface area contributed by atoms with Crippen LogP contribution in [0.2, 0.25) is 0 Å². The molecule has 0 radical (unpaired) electrons. The number of likely N-dealkylation sites (tertiary alicyclic amines) is 2. The lowest BCUT2D eigenvalue weighted by Crippen LogP contribution is -2.50. The van der Waals surface area contributed by atoms with Crippen LogP contribution in [0.15, 0.2) is 18.2 Å². The third-order valence-corrected chi connectivity index (χ3v) is 5.73. The Hall–Kier alpha value is -1.63. The van der Waals surface area contributed by atoms with Crippen LogP contribution < -0.4 is 0 Å². The molecule has 0 bridgehead atoms. The van der Waals surface area contributed by atoms with E-state index < -0.39 is 17.0 Å². The number of thioether (sulfide) groups is 1. The van der Waals surface area contributed by atoms with E-state index in [2.05, 4.69) is 0 Å². The maximum Gasteiger partial charge on any atom is 0.232 e. The molecule has 2 fully saturated rings. The zero-order valence-electron chi connectivity index (χ0n) is 14.3. The minimum Gasteiger partial charge on any atom is -0.341 e. The molecule has 2 saturated heterocycles. The molecular formula is C18H22F2N2O2S. The Labute approximate surface area is 150 Å². The number of benzene rings is 1. The third kappa shape index (κ3) is 3.52. The molecule has 1 aromatic rings. The normalized spacial score (nSPS) is 23.6. The number of carbonyl (C=O) groups excluding carboxylic acids is 2. The topological polar surface area (TPSA) is 40.6 Å². The summed E-state index contributed by atoms with van der Waals surface area (Å²) in [7, 11) is 0. The lowest BCUT2D eigenvalue weighted by atomic mass is 9.78. The first-order valence-electron chi connectivity index (χ1n) is 8.46. The molecule has 25 heavy (non-hydrogen) atoms. The Bertz CT molecular complexity index is 685. The number of piperidine rings is 1. The summed E-state index contributed by atoms with van der Waals surface area (Å²) in [4.78, 5) is 28.5. The van der Waals surface area contributed by atoms with Gasteiger partial charge in [-0.05, 0) is 31.6 Å². The van der Waals surface area contributed by atoms with Crippen LogP contribution in [-0.2, 0) is 16.1 Å². The van der Waals surface area contributed by atoms with Gasteiger partial charge < -0.3 is 9.80 Å². The summed E-state index contributed by atoms with van der Waals surface area (Å²) >= 11 is 1.47. The van der Waals surface area contributed by atoms with Crippen LogP contribution in [0.3, 0.4) is 0 Å². The van der Waals surface area contributed by atoms with Crippen molar-refractivity contribution in [3.8, 4) is 0 Å². The van der Waals surface area contributed by atoms with Crippen molar-refractivity contribution in [2.24, 2.45) is 5.41 Å². The molecule has 3 rings (SSSR count). The number of hydrogen-bond donors (Lipinski definition) is 0. The van der Waals surface area contributed by atoms with Gasteiger partial charge in [0.05, 0.1) is 11.2 Å². The van der Waals surface area contributed by atoms with Gasteiger partial charge in [0.15, 0.2) is 11.6 Å². The SMILES string of the molecule is CSCC(=O)N1CCC2(CCCN(Cc3cccc(F)c3F)C2=O)C1. The first-order chi connectivity index (χ1) is 12.0. The molecule has 2 heterocycles. The largest absolute Gasteiger partial charge is 0.341 e.